The van der Waals surface area contributed by atoms with Gasteiger partial charge < -0.3 is 15.3 Å². The van der Waals surface area contributed by atoms with Crippen molar-refractivity contribution in [1.82, 2.24) is 0 Å². The van der Waals surface area contributed by atoms with E-state index in [9.17, 15) is 5.11 Å². The minimum Gasteiger partial charge on any atom is -0.381 e. The van der Waals surface area contributed by atoms with E-state index in [-0.39, 0.29) is 6.10 Å². The van der Waals surface area contributed by atoms with Gasteiger partial charge in [-0.1, -0.05) is 24.3 Å². The highest BCUT2D eigenvalue weighted by molar-refractivity contribution is 5.39. The van der Waals surface area contributed by atoms with E-state index >= 15 is 0 Å². The number of quaternary nitrogens is 2. The van der Waals surface area contributed by atoms with Crippen molar-refractivity contribution in [3.63, 3.8) is 0 Å². The summed E-state index contributed by atoms with van der Waals surface area (Å²) >= 11 is 0. The number of hydrogen-bond acceptors (Lipinski definition) is 1. The maximum Gasteiger partial charge on any atom is 0.155 e. The van der Waals surface area contributed by atoms with Gasteiger partial charge in [-0.05, 0) is 24.0 Å². The van der Waals surface area contributed by atoms with E-state index in [1.165, 1.54) is 51.7 Å². The highest BCUT2D eigenvalue weighted by Gasteiger charge is 2.45. The number of aliphatic hydroxyl groups is 1. The van der Waals surface area contributed by atoms with Crippen LogP contribution in [0.3, 0.4) is 0 Å². The Labute approximate surface area is 127 Å². The number of rotatable bonds is 1. The lowest BCUT2D eigenvalue weighted by atomic mass is 9.73. The average Bonchev–Trinajstić information content (AvgIpc) is 2.88. The molecule has 21 heavy (non-hydrogen) atoms. The number of fused-ring (bicyclic) bond motifs is 2. The fourth-order valence-corrected chi connectivity index (χ4v) is 5.12. The summed E-state index contributed by atoms with van der Waals surface area (Å²) in [5.74, 6) is 0. The number of hydrogen-bond donors (Lipinski definition) is 3. The fraction of sp³-hybridized carbons (Fsp3) is 0.667. The highest BCUT2D eigenvalue weighted by Crippen LogP contribution is 2.44. The predicted octanol–water partition coefficient (Wildman–Crippen LogP) is -0.754. The Morgan fingerprint density at radius 2 is 1.95 bits per heavy atom. The maximum atomic E-state index is 10.3. The normalized spacial score (nSPS) is 39.4. The SMILES string of the molecule is O[C@@H]1C[NH2+]CC[C@H]1[NH+]1CCC2(CCc3ccccc32)CC1. The number of likely N-dealkylation sites (tertiary alicyclic amines) is 1. The number of benzene rings is 1. The monoisotopic (exact) mass is 288 g/mol. The summed E-state index contributed by atoms with van der Waals surface area (Å²) < 4.78 is 0. The van der Waals surface area contributed by atoms with Gasteiger partial charge in [0.1, 0.15) is 12.6 Å². The zero-order chi connectivity index (χ0) is 14.3. The highest BCUT2D eigenvalue weighted by atomic mass is 16.3. The zero-order valence-corrected chi connectivity index (χ0v) is 12.9. The molecule has 4 rings (SSSR count). The van der Waals surface area contributed by atoms with Crippen LogP contribution in [0.25, 0.3) is 0 Å². The van der Waals surface area contributed by atoms with Gasteiger partial charge in [0.15, 0.2) is 6.10 Å². The lowest BCUT2D eigenvalue weighted by Gasteiger charge is -2.42. The van der Waals surface area contributed by atoms with Gasteiger partial charge in [-0.25, -0.2) is 0 Å². The van der Waals surface area contributed by atoms with Gasteiger partial charge in [-0.15, -0.1) is 0 Å². The van der Waals surface area contributed by atoms with Crippen LogP contribution in [0.15, 0.2) is 24.3 Å². The molecule has 2 aliphatic heterocycles. The van der Waals surface area contributed by atoms with Gasteiger partial charge in [-0.2, -0.15) is 0 Å². The van der Waals surface area contributed by atoms with Crippen molar-refractivity contribution >= 4 is 0 Å². The standard InChI is InChI=1S/C18H26N2O/c21-17-13-19-10-6-16(17)20-11-8-18(9-12-20)7-5-14-3-1-2-4-15(14)18/h1-4,16-17,19,21H,5-13H2/p+2/t16-,17-/m1/s1. The molecule has 0 aromatic heterocycles. The van der Waals surface area contributed by atoms with Gasteiger partial charge in [0.25, 0.3) is 0 Å². The number of nitrogens with two attached hydrogens (primary N) is 1. The van der Waals surface area contributed by atoms with Crippen LogP contribution in [-0.2, 0) is 11.8 Å². The molecule has 2 atom stereocenters. The summed E-state index contributed by atoms with van der Waals surface area (Å²) in [6.07, 6.45) is 6.32. The molecule has 3 heteroatoms. The van der Waals surface area contributed by atoms with Gasteiger partial charge >= 0.3 is 0 Å². The first-order valence-corrected chi connectivity index (χ1v) is 8.71. The van der Waals surface area contributed by atoms with E-state index in [1.807, 2.05) is 0 Å². The van der Waals surface area contributed by atoms with Gasteiger partial charge in [0, 0.05) is 18.3 Å². The van der Waals surface area contributed by atoms with Crippen molar-refractivity contribution in [2.75, 3.05) is 26.2 Å². The first-order chi connectivity index (χ1) is 10.3. The Balaban J connectivity index is 1.48. The van der Waals surface area contributed by atoms with E-state index in [4.69, 9.17) is 0 Å². The number of piperidine rings is 2. The number of aryl methyl sites for hydroxylation is 1. The molecule has 0 unspecified atom stereocenters. The number of aliphatic hydroxyl groups excluding tert-OH is 1. The summed E-state index contributed by atoms with van der Waals surface area (Å²) in [5.41, 5.74) is 3.70. The minimum atomic E-state index is -0.0985. The van der Waals surface area contributed by atoms with Crippen LogP contribution in [0.2, 0.25) is 0 Å². The Hall–Kier alpha value is -0.900. The van der Waals surface area contributed by atoms with Gasteiger partial charge in [0.2, 0.25) is 0 Å². The molecule has 4 N–H and O–H groups in total. The molecule has 0 amide bonds. The molecule has 3 aliphatic rings. The number of nitrogens with one attached hydrogen (secondary N) is 1. The van der Waals surface area contributed by atoms with Crippen molar-refractivity contribution in [1.29, 1.82) is 0 Å². The van der Waals surface area contributed by atoms with Gasteiger partial charge in [-0.3, -0.25) is 0 Å². The van der Waals surface area contributed by atoms with Crippen molar-refractivity contribution in [2.24, 2.45) is 0 Å². The third kappa shape index (κ3) is 2.32. The summed E-state index contributed by atoms with van der Waals surface area (Å²) in [6.45, 7) is 4.59. The first-order valence-electron chi connectivity index (χ1n) is 8.71. The lowest BCUT2D eigenvalue weighted by Crippen LogP contribution is -3.20. The van der Waals surface area contributed by atoms with Crippen molar-refractivity contribution in [2.45, 2.75) is 49.7 Å². The molecule has 0 radical (unpaired) electrons. The largest absolute Gasteiger partial charge is 0.381 e. The molecular formula is C18H28N2O+2. The van der Waals surface area contributed by atoms with E-state index < -0.39 is 0 Å². The van der Waals surface area contributed by atoms with Gasteiger partial charge in [0.05, 0.1) is 26.1 Å². The third-order valence-corrected chi connectivity index (χ3v) is 6.39. The Kier molecular flexibility index (Phi) is 3.52. The van der Waals surface area contributed by atoms with E-state index in [0.717, 1.165) is 6.54 Å². The molecule has 1 spiro atoms. The Morgan fingerprint density at radius 1 is 1.14 bits per heavy atom. The molecule has 1 aromatic rings. The first kappa shape index (κ1) is 13.7. The van der Waals surface area contributed by atoms with Crippen LogP contribution in [0.5, 0.6) is 0 Å². The molecule has 0 bridgehead atoms. The fourth-order valence-electron chi connectivity index (χ4n) is 5.12. The summed E-state index contributed by atoms with van der Waals surface area (Å²) in [7, 11) is 0. The molecule has 2 saturated heterocycles. The van der Waals surface area contributed by atoms with Crippen LogP contribution in [0.1, 0.15) is 36.8 Å². The maximum absolute atomic E-state index is 10.3. The van der Waals surface area contributed by atoms with Crippen LogP contribution in [-0.4, -0.2) is 43.4 Å². The van der Waals surface area contributed by atoms with Crippen molar-refractivity contribution in [3.05, 3.63) is 35.4 Å². The molecule has 0 saturated carbocycles. The summed E-state index contributed by atoms with van der Waals surface area (Å²) in [4.78, 5) is 1.67. The van der Waals surface area contributed by atoms with Crippen molar-refractivity contribution in [3.8, 4) is 0 Å². The summed E-state index contributed by atoms with van der Waals surface area (Å²) in [6, 6.07) is 9.59. The molecule has 2 fully saturated rings. The molecular weight excluding hydrogens is 260 g/mol. The molecule has 1 aliphatic carbocycles. The van der Waals surface area contributed by atoms with Crippen LogP contribution >= 0.6 is 0 Å². The predicted molar refractivity (Wildman–Crippen MR) is 82.4 cm³/mol. The zero-order valence-electron chi connectivity index (χ0n) is 12.9. The smallest absolute Gasteiger partial charge is 0.155 e. The van der Waals surface area contributed by atoms with Crippen molar-refractivity contribution < 1.29 is 15.3 Å². The lowest BCUT2D eigenvalue weighted by molar-refractivity contribution is -0.942. The van der Waals surface area contributed by atoms with E-state index in [0.29, 0.717) is 11.5 Å². The topological polar surface area (TPSA) is 41.3 Å². The second-order valence-electron chi connectivity index (χ2n) is 7.37. The molecule has 3 nitrogen and oxygen atoms in total. The average molecular weight is 288 g/mol. The second kappa shape index (κ2) is 5.38. The summed E-state index contributed by atoms with van der Waals surface area (Å²) in [5, 5.41) is 12.5. The van der Waals surface area contributed by atoms with E-state index in [1.54, 1.807) is 16.0 Å². The minimum absolute atomic E-state index is 0.0985. The second-order valence-corrected chi connectivity index (χ2v) is 7.37. The van der Waals surface area contributed by atoms with E-state index in [2.05, 4.69) is 29.6 Å². The third-order valence-electron chi connectivity index (χ3n) is 6.39. The molecule has 114 valence electrons. The Morgan fingerprint density at radius 3 is 2.76 bits per heavy atom. The van der Waals surface area contributed by atoms with Crippen LogP contribution in [0, 0.1) is 0 Å². The molecule has 2 heterocycles. The van der Waals surface area contributed by atoms with Crippen LogP contribution in [0.4, 0.5) is 0 Å². The quantitative estimate of drug-likeness (QED) is 0.625. The molecule has 1 aromatic carbocycles. The van der Waals surface area contributed by atoms with Crippen LogP contribution < -0.4 is 10.2 Å². The Bertz CT molecular complexity index is 508.